The van der Waals surface area contributed by atoms with E-state index in [1.165, 1.54) is 0 Å². The predicted octanol–water partition coefficient (Wildman–Crippen LogP) is 5.41. The molecule has 0 aliphatic rings. The molecule has 0 radical (unpaired) electrons. The van der Waals surface area contributed by atoms with Crippen molar-refractivity contribution in [3.05, 3.63) is 64.1 Å². The maximum absolute atomic E-state index is 13.3. The standard InChI is InChI=1S/C25H33BrN2O3S/c1-6-22(24(30)27-25(2,3)4)28(15-18-9-13-21(31-5)14-10-18)23(29)17-32-16-19-7-11-20(26)12-8-19/h7-14,22H,6,15-17H2,1-5H3,(H,27,30)/t22-/m0/s1. The summed E-state index contributed by atoms with van der Waals surface area (Å²) in [7, 11) is 1.62. The molecule has 7 heteroatoms. The lowest BCUT2D eigenvalue weighted by atomic mass is 10.1. The second kappa shape index (κ2) is 12.3. The average molecular weight is 522 g/mol. The number of carbonyl (C=O) groups is 2. The molecule has 0 spiro atoms. The molecule has 0 bridgehead atoms. The molecule has 2 amide bonds. The fraction of sp³-hybridized carbons (Fsp3) is 0.440. The van der Waals surface area contributed by atoms with Crippen LogP contribution in [0.25, 0.3) is 0 Å². The molecule has 0 saturated heterocycles. The second-order valence-corrected chi connectivity index (χ2v) is 10.6. The first-order valence-electron chi connectivity index (χ1n) is 10.7. The van der Waals surface area contributed by atoms with Crippen molar-refractivity contribution in [2.75, 3.05) is 12.9 Å². The molecule has 0 heterocycles. The molecule has 2 rings (SSSR count). The van der Waals surface area contributed by atoms with Gasteiger partial charge in [0.1, 0.15) is 11.8 Å². The van der Waals surface area contributed by atoms with Gasteiger partial charge >= 0.3 is 0 Å². The maximum Gasteiger partial charge on any atom is 0.243 e. The zero-order valence-corrected chi connectivity index (χ0v) is 21.9. The molecule has 0 fully saturated rings. The van der Waals surface area contributed by atoms with E-state index in [0.717, 1.165) is 27.1 Å². The lowest BCUT2D eigenvalue weighted by Crippen LogP contribution is -2.53. The molecule has 2 aromatic carbocycles. The van der Waals surface area contributed by atoms with E-state index < -0.39 is 6.04 Å². The monoisotopic (exact) mass is 520 g/mol. The number of ether oxygens (including phenoxy) is 1. The summed E-state index contributed by atoms with van der Waals surface area (Å²) in [6.07, 6.45) is 0.543. The van der Waals surface area contributed by atoms with E-state index in [1.54, 1.807) is 23.8 Å². The van der Waals surface area contributed by atoms with Crippen LogP contribution in [-0.2, 0) is 21.9 Å². The summed E-state index contributed by atoms with van der Waals surface area (Å²) in [5, 5.41) is 3.03. The predicted molar refractivity (Wildman–Crippen MR) is 136 cm³/mol. The average Bonchev–Trinajstić information content (AvgIpc) is 2.74. The van der Waals surface area contributed by atoms with Crippen LogP contribution in [0, 0.1) is 0 Å². The Bertz CT molecular complexity index is 880. The summed E-state index contributed by atoms with van der Waals surface area (Å²) in [4.78, 5) is 28.0. The van der Waals surface area contributed by atoms with Gasteiger partial charge in [0, 0.05) is 22.3 Å². The number of rotatable bonds is 10. The molecule has 1 N–H and O–H groups in total. The van der Waals surface area contributed by atoms with Gasteiger partial charge in [-0.2, -0.15) is 0 Å². The molecule has 0 aromatic heterocycles. The van der Waals surface area contributed by atoms with Crippen molar-refractivity contribution < 1.29 is 14.3 Å². The summed E-state index contributed by atoms with van der Waals surface area (Å²) < 4.78 is 6.27. The lowest BCUT2D eigenvalue weighted by Gasteiger charge is -2.33. The Hall–Kier alpha value is -1.99. The molecule has 174 valence electrons. The van der Waals surface area contributed by atoms with Crippen LogP contribution in [-0.4, -0.2) is 41.2 Å². The molecular formula is C25H33BrN2O3S. The van der Waals surface area contributed by atoms with Crippen LogP contribution in [0.4, 0.5) is 0 Å². The minimum absolute atomic E-state index is 0.0427. The second-order valence-electron chi connectivity index (χ2n) is 8.65. The Balaban J connectivity index is 2.15. The Morgan fingerprint density at radius 1 is 1.06 bits per heavy atom. The quantitative estimate of drug-likeness (QED) is 0.454. The van der Waals surface area contributed by atoms with E-state index in [0.29, 0.717) is 18.7 Å². The fourth-order valence-corrected chi connectivity index (χ4v) is 4.35. The molecule has 0 aliphatic carbocycles. The van der Waals surface area contributed by atoms with E-state index in [-0.39, 0.29) is 17.4 Å². The summed E-state index contributed by atoms with van der Waals surface area (Å²) >= 11 is 5.00. The van der Waals surface area contributed by atoms with Crippen LogP contribution in [0.2, 0.25) is 0 Å². The van der Waals surface area contributed by atoms with Gasteiger partial charge in [0.15, 0.2) is 0 Å². The number of methoxy groups -OCH3 is 1. The van der Waals surface area contributed by atoms with Crippen molar-refractivity contribution in [3.63, 3.8) is 0 Å². The van der Waals surface area contributed by atoms with Crippen LogP contribution < -0.4 is 10.1 Å². The molecular weight excluding hydrogens is 488 g/mol. The summed E-state index contributed by atoms with van der Waals surface area (Å²) in [5.41, 5.74) is 1.75. The normalized spacial score (nSPS) is 12.2. The van der Waals surface area contributed by atoms with Gasteiger partial charge in [-0.25, -0.2) is 0 Å². The number of nitrogens with one attached hydrogen (secondary N) is 1. The first-order valence-corrected chi connectivity index (χ1v) is 12.6. The van der Waals surface area contributed by atoms with Crippen molar-refractivity contribution in [1.29, 1.82) is 0 Å². The number of hydrogen-bond donors (Lipinski definition) is 1. The number of hydrogen-bond acceptors (Lipinski definition) is 4. The molecule has 32 heavy (non-hydrogen) atoms. The number of nitrogens with zero attached hydrogens (tertiary/aromatic N) is 1. The van der Waals surface area contributed by atoms with E-state index in [2.05, 4.69) is 21.2 Å². The van der Waals surface area contributed by atoms with Gasteiger partial charge in [-0.05, 0) is 62.6 Å². The van der Waals surface area contributed by atoms with Crippen LogP contribution >= 0.6 is 27.7 Å². The van der Waals surface area contributed by atoms with Crippen molar-refractivity contribution in [3.8, 4) is 5.75 Å². The van der Waals surface area contributed by atoms with Gasteiger partial charge in [0.2, 0.25) is 11.8 Å². The SMILES string of the molecule is CC[C@@H](C(=O)NC(C)(C)C)N(Cc1ccc(OC)cc1)C(=O)CSCc1ccc(Br)cc1. The third-order valence-corrected chi connectivity index (χ3v) is 6.32. The largest absolute Gasteiger partial charge is 0.497 e. The Morgan fingerprint density at radius 3 is 2.19 bits per heavy atom. The molecule has 1 atom stereocenters. The van der Waals surface area contributed by atoms with Crippen molar-refractivity contribution in [1.82, 2.24) is 10.2 Å². The molecule has 5 nitrogen and oxygen atoms in total. The third kappa shape index (κ3) is 8.51. The molecule has 0 saturated carbocycles. The zero-order valence-electron chi connectivity index (χ0n) is 19.5. The van der Waals surface area contributed by atoms with Crippen LogP contribution in [0.15, 0.2) is 53.0 Å². The van der Waals surface area contributed by atoms with Crippen LogP contribution in [0.1, 0.15) is 45.2 Å². The Labute approximate surface area is 204 Å². The van der Waals surface area contributed by atoms with Gasteiger partial charge in [-0.3, -0.25) is 9.59 Å². The topological polar surface area (TPSA) is 58.6 Å². The minimum atomic E-state index is -0.530. The zero-order chi connectivity index (χ0) is 23.7. The third-order valence-electron chi connectivity index (χ3n) is 4.80. The van der Waals surface area contributed by atoms with Crippen molar-refractivity contribution in [2.24, 2.45) is 0 Å². The molecule has 0 unspecified atom stereocenters. The van der Waals surface area contributed by atoms with Gasteiger partial charge in [-0.1, -0.05) is 47.1 Å². The Morgan fingerprint density at radius 2 is 1.66 bits per heavy atom. The van der Waals surface area contributed by atoms with Gasteiger partial charge < -0.3 is 15.0 Å². The van der Waals surface area contributed by atoms with E-state index in [4.69, 9.17) is 4.74 Å². The van der Waals surface area contributed by atoms with E-state index >= 15 is 0 Å². The number of carbonyl (C=O) groups excluding carboxylic acids is 2. The minimum Gasteiger partial charge on any atom is -0.497 e. The first-order chi connectivity index (χ1) is 15.1. The smallest absolute Gasteiger partial charge is 0.243 e. The summed E-state index contributed by atoms with van der Waals surface area (Å²) in [6.45, 7) is 8.15. The fourth-order valence-electron chi connectivity index (χ4n) is 3.22. The number of thioether (sulfide) groups is 1. The number of amides is 2. The highest BCUT2D eigenvalue weighted by molar-refractivity contribution is 9.10. The van der Waals surface area contributed by atoms with Gasteiger partial charge in [-0.15, -0.1) is 11.8 Å². The highest BCUT2D eigenvalue weighted by atomic mass is 79.9. The van der Waals surface area contributed by atoms with Gasteiger partial charge in [0.25, 0.3) is 0 Å². The lowest BCUT2D eigenvalue weighted by molar-refractivity contribution is -0.140. The number of benzene rings is 2. The number of halogens is 1. The van der Waals surface area contributed by atoms with E-state index in [1.807, 2.05) is 76.2 Å². The van der Waals surface area contributed by atoms with Crippen molar-refractivity contribution >= 4 is 39.5 Å². The van der Waals surface area contributed by atoms with Crippen LogP contribution in [0.3, 0.4) is 0 Å². The van der Waals surface area contributed by atoms with Gasteiger partial charge in [0.05, 0.1) is 12.9 Å². The van der Waals surface area contributed by atoms with Crippen LogP contribution in [0.5, 0.6) is 5.75 Å². The summed E-state index contributed by atoms with van der Waals surface area (Å²) in [6, 6.07) is 15.2. The Kier molecular flexibility index (Phi) is 10.1. The molecule has 2 aromatic rings. The molecule has 0 aliphatic heterocycles. The van der Waals surface area contributed by atoms with Crippen molar-refractivity contribution in [2.45, 2.75) is 58.0 Å². The maximum atomic E-state index is 13.3. The summed E-state index contributed by atoms with van der Waals surface area (Å²) in [5.74, 6) is 1.64. The van der Waals surface area contributed by atoms with E-state index in [9.17, 15) is 9.59 Å². The first kappa shape index (κ1) is 26.3. The highest BCUT2D eigenvalue weighted by Crippen LogP contribution is 2.20. The highest BCUT2D eigenvalue weighted by Gasteiger charge is 2.30.